The van der Waals surface area contributed by atoms with Crippen LogP contribution >= 0.6 is 0 Å². The van der Waals surface area contributed by atoms with E-state index in [-0.39, 0.29) is 32.9 Å². The molecule has 1 aliphatic carbocycles. The second kappa shape index (κ2) is 13.3. The van der Waals surface area contributed by atoms with Crippen molar-refractivity contribution in [2.24, 2.45) is 11.1 Å². The fraction of sp³-hybridized carbons (Fsp3) is 0.552. The number of hydrogen-bond acceptors (Lipinski definition) is 8. The lowest BCUT2D eigenvalue weighted by Gasteiger charge is -2.47. The van der Waals surface area contributed by atoms with Gasteiger partial charge >= 0.3 is 12.3 Å². The molecule has 1 atom stereocenters. The molecule has 1 fully saturated rings. The van der Waals surface area contributed by atoms with Crippen molar-refractivity contribution in [2.75, 3.05) is 16.2 Å². The van der Waals surface area contributed by atoms with Gasteiger partial charge in [-0.15, -0.1) is 0 Å². The molecule has 0 spiro atoms. The number of carbonyl (C=O) groups excluding carboxylic acids is 1. The van der Waals surface area contributed by atoms with E-state index in [9.17, 15) is 31.5 Å². The Hall–Kier alpha value is -3.93. The summed E-state index contributed by atoms with van der Waals surface area (Å²) in [5.74, 6) is -2.60. The number of nitrogens with zero attached hydrogens (tertiary/aromatic N) is 5. The SMILES string of the molecule is CC(C)n1c(=O)c(-c2c(F)cc(N(CCC(F)(F)F)S(=O)O)cc2F)nc2cnc(NC3CCC(OC(N)=O)(C(C)(C)C)CC3)nc21. The number of carbonyl (C=O) groups is 1. The van der Waals surface area contributed by atoms with Gasteiger partial charge in [-0.05, 0) is 51.7 Å². The number of benzene rings is 1. The van der Waals surface area contributed by atoms with Crippen LogP contribution in [0.2, 0.25) is 0 Å². The number of rotatable bonds is 9. The van der Waals surface area contributed by atoms with E-state index in [2.05, 4.69) is 20.3 Å². The Balaban J connectivity index is 1.67. The molecule has 2 heterocycles. The number of amides is 1. The Bertz CT molecular complexity index is 1710. The molecule has 1 aliphatic rings. The molecule has 47 heavy (non-hydrogen) atoms. The van der Waals surface area contributed by atoms with Crippen LogP contribution in [0.1, 0.15) is 72.8 Å². The summed E-state index contributed by atoms with van der Waals surface area (Å²) in [4.78, 5) is 38.2. The number of alkyl halides is 3. The highest BCUT2D eigenvalue weighted by Gasteiger charge is 2.47. The van der Waals surface area contributed by atoms with Gasteiger partial charge in [0.1, 0.15) is 28.4 Å². The van der Waals surface area contributed by atoms with E-state index < -0.39 is 82.3 Å². The number of anilines is 2. The molecule has 1 amide bonds. The topological polar surface area (TPSA) is 166 Å². The predicted octanol–water partition coefficient (Wildman–Crippen LogP) is 5.84. The van der Waals surface area contributed by atoms with Gasteiger partial charge in [-0.3, -0.25) is 18.2 Å². The van der Waals surface area contributed by atoms with E-state index in [1.807, 2.05) is 20.8 Å². The number of ether oxygens (including phenoxy) is 1. The fourth-order valence-electron chi connectivity index (χ4n) is 5.78. The lowest BCUT2D eigenvalue weighted by molar-refractivity contribution is -0.132. The quantitative estimate of drug-likeness (QED) is 0.185. The lowest BCUT2D eigenvalue weighted by atomic mass is 9.67. The van der Waals surface area contributed by atoms with E-state index in [1.54, 1.807) is 13.8 Å². The first-order chi connectivity index (χ1) is 21.7. The van der Waals surface area contributed by atoms with Crippen LogP contribution in [0, 0.1) is 17.0 Å². The average molecular weight is 690 g/mol. The molecule has 1 unspecified atom stereocenters. The van der Waals surface area contributed by atoms with Crippen LogP contribution < -0.4 is 20.9 Å². The minimum Gasteiger partial charge on any atom is -0.443 e. The van der Waals surface area contributed by atoms with Crippen molar-refractivity contribution >= 4 is 40.2 Å². The van der Waals surface area contributed by atoms with Crippen molar-refractivity contribution < 1.29 is 40.2 Å². The standard InChI is InChI=1S/C29H36F5N7O5S/c1-15(2)41-23-20(14-36-26(39-23)37-16-6-8-28(9-7-16,27(3,4)5)46-25(35)43)38-22(24(41)42)21-18(30)12-17(13-19(21)31)40(47(44)45)11-10-29(32,33)34/h12-16H,6-11H2,1-5H3,(H2,35,43)(H,44,45)(H,36,37,39). The molecule has 258 valence electrons. The molecule has 0 radical (unpaired) electrons. The fourth-order valence-corrected chi connectivity index (χ4v) is 6.31. The summed E-state index contributed by atoms with van der Waals surface area (Å²) in [5, 5.41) is 3.23. The first-order valence-corrected chi connectivity index (χ1v) is 15.8. The molecule has 3 aromatic rings. The van der Waals surface area contributed by atoms with Gasteiger partial charge in [-0.2, -0.15) is 18.2 Å². The van der Waals surface area contributed by atoms with Crippen LogP contribution in [-0.4, -0.2) is 58.7 Å². The van der Waals surface area contributed by atoms with Crippen molar-refractivity contribution in [3.63, 3.8) is 0 Å². The predicted molar refractivity (Wildman–Crippen MR) is 165 cm³/mol. The number of halogens is 5. The summed E-state index contributed by atoms with van der Waals surface area (Å²) >= 11 is -3.03. The van der Waals surface area contributed by atoms with Crippen LogP contribution in [0.3, 0.4) is 0 Å². The number of fused-ring (bicyclic) bond motifs is 1. The largest absolute Gasteiger partial charge is 0.443 e. The van der Waals surface area contributed by atoms with Gasteiger partial charge in [-0.25, -0.2) is 27.8 Å². The van der Waals surface area contributed by atoms with E-state index in [1.165, 1.54) is 10.8 Å². The van der Waals surface area contributed by atoms with Gasteiger partial charge in [0.2, 0.25) is 5.95 Å². The maximum Gasteiger partial charge on any atom is 0.405 e. The number of aromatic nitrogens is 4. The number of primary amides is 1. The zero-order valence-electron chi connectivity index (χ0n) is 26.3. The molecular weight excluding hydrogens is 653 g/mol. The third-order valence-electron chi connectivity index (χ3n) is 8.28. The monoisotopic (exact) mass is 689 g/mol. The molecule has 0 aliphatic heterocycles. The Kier molecular flexibility index (Phi) is 10.2. The second-order valence-electron chi connectivity index (χ2n) is 12.7. The van der Waals surface area contributed by atoms with Crippen LogP contribution in [0.5, 0.6) is 0 Å². The van der Waals surface area contributed by atoms with Gasteiger partial charge < -0.3 is 15.8 Å². The highest BCUT2D eigenvalue weighted by molar-refractivity contribution is 7.80. The zero-order valence-corrected chi connectivity index (χ0v) is 27.1. The Labute approximate surface area is 269 Å². The molecule has 18 heteroatoms. The summed E-state index contributed by atoms with van der Waals surface area (Å²) in [7, 11) is 0. The smallest absolute Gasteiger partial charge is 0.405 e. The van der Waals surface area contributed by atoms with Crippen molar-refractivity contribution in [2.45, 2.75) is 90.6 Å². The first-order valence-electron chi connectivity index (χ1n) is 14.7. The van der Waals surface area contributed by atoms with E-state index in [0.717, 1.165) is 0 Å². The minimum absolute atomic E-state index is 0.0234. The van der Waals surface area contributed by atoms with E-state index >= 15 is 8.78 Å². The minimum atomic E-state index is -4.70. The molecule has 12 nitrogen and oxygen atoms in total. The van der Waals surface area contributed by atoms with Crippen molar-refractivity contribution in [1.29, 1.82) is 0 Å². The van der Waals surface area contributed by atoms with E-state index in [0.29, 0.717) is 37.8 Å². The summed E-state index contributed by atoms with van der Waals surface area (Å²) in [6.45, 7) is 8.16. The third-order valence-corrected chi connectivity index (χ3v) is 9.05. The molecule has 4 N–H and O–H groups in total. The number of nitrogens with one attached hydrogen (secondary N) is 1. The average Bonchev–Trinajstić information content (AvgIpc) is 2.92. The van der Waals surface area contributed by atoms with Gasteiger partial charge in [0.25, 0.3) is 16.8 Å². The summed E-state index contributed by atoms with van der Waals surface area (Å²) in [5.41, 5.74) is 1.27. The Morgan fingerprint density at radius 2 is 1.79 bits per heavy atom. The highest BCUT2D eigenvalue weighted by Crippen LogP contribution is 2.45. The second-order valence-corrected chi connectivity index (χ2v) is 13.6. The molecule has 1 saturated carbocycles. The van der Waals surface area contributed by atoms with Crippen molar-refractivity contribution in [3.05, 3.63) is 40.3 Å². The van der Waals surface area contributed by atoms with Crippen molar-refractivity contribution in [3.8, 4) is 11.3 Å². The molecule has 4 rings (SSSR count). The van der Waals surface area contributed by atoms with Crippen LogP contribution in [-0.2, 0) is 16.0 Å². The maximum absolute atomic E-state index is 15.4. The molecule has 0 saturated heterocycles. The van der Waals surface area contributed by atoms with Gasteiger partial charge in [0.15, 0.2) is 5.65 Å². The molecule has 0 bridgehead atoms. The van der Waals surface area contributed by atoms with E-state index in [4.69, 9.17) is 10.5 Å². The summed E-state index contributed by atoms with van der Waals surface area (Å²) in [6, 6.07) is 0.439. The number of nitrogens with two attached hydrogens (primary N) is 1. The summed E-state index contributed by atoms with van der Waals surface area (Å²) < 4.78 is 97.2. The highest BCUT2D eigenvalue weighted by atomic mass is 32.2. The number of hydrogen-bond donors (Lipinski definition) is 3. The maximum atomic E-state index is 15.4. The Morgan fingerprint density at radius 1 is 1.19 bits per heavy atom. The third kappa shape index (κ3) is 7.80. The van der Waals surface area contributed by atoms with Gasteiger partial charge in [0, 0.05) is 24.0 Å². The zero-order chi connectivity index (χ0) is 35.1. The normalized spacial score (nSPS) is 19.5. The van der Waals surface area contributed by atoms with Gasteiger partial charge in [-0.1, -0.05) is 20.8 Å². The molecule has 1 aromatic carbocycles. The van der Waals surface area contributed by atoms with Crippen LogP contribution in [0.25, 0.3) is 22.4 Å². The molecule has 2 aromatic heterocycles. The summed E-state index contributed by atoms with van der Waals surface area (Å²) in [6.07, 6.45) is -3.55. The molecular formula is C29H36F5N7O5S. The lowest BCUT2D eigenvalue weighted by Crippen LogP contribution is -2.51. The van der Waals surface area contributed by atoms with Crippen LogP contribution in [0.4, 0.5) is 38.4 Å². The first kappa shape index (κ1) is 35.9. The Morgan fingerprint density at radius 3 is 2.28 bits per heavy atom. The van der Waals surface area contributed by atoms with Crippen LogP contribution in [0.15, 0.2) is 23.1 Å². The van der Waals surface area contributed by atoms with Crippen molar-refractivity contribution in [1.82, 2.24) is 19.5 Å². The van der Waals surface area contributed by atoms with Gasteiger partial charge in [0.05, 0.1) is 23.9 Å².